The fourth-order valence-corrected chi connectivity index (χ4v) is 4.37. The van der Waals surface area contributed by atoms with Gasteiger partial charge in [0.1, 0.15) is 5.82 Å². The molecule has 3 heterocycles. The third-order valence-electron chi connectivity index (χ3n) is 5.73. The molecule has 0 N–H and O–H groups in total. The van der Waals surface area contributed by atoms with Gasteiger partial charge in [0.2, 0.25) is 6.79 Å². The molecule has 0 spiro atoms. The van der Waals surface area contributed by atoms with Crippen molar-refractivity contribution in [1.82, 2.24) is 9.88 Å². The third kappa shape index (κ3) is 2.72. The number of benzene rings is 1. The van der Waals surface area contributed by atoms with Crippen molar-refractivity contribution in [3.63, 3.8) is 0 Å². The molecule has 130 valence electrons. The van der Waals surface area contributed by atoms with Gasteiger partial charge in [0.25, 0.3) is 0 Å². The highest BCUT2D eigenvalue weighted by atomic mass is 16.7. The summed E-state index contributed by atoms with van der Waals surface area (Å²) in [6, 6.07) is 11.1. The molecule has 1 atom stereocenters. The third-order valence-corrected chi connectivity index (χ3v) is 5.73. The Hall–Kier alpha value is -2.27. The maximum Gasteiger partial charge on any atom is 0.231 e. The second kappa shape index (κ2) is 6.23. The maximum atomic E-state index is 5.69. The van der Waals surface area contributed by atoms with Crippen LogP contribution in [0.15, 0.2) is 36.5 Å². The zero-order valence-corrected chi connectivity index (χ0v) is 14.4. The lowest BCUT2D eigenvalue weighted by atomic mass is 9.86. The van der Waals surface area contributed by atoms with Crippen LogP contribution in [0.5, 0.6) is 11.5 Å². The lowest BCUT2D eigenvalue weighted by Gasteiger charge is -2.41. The van der Waals surface area contributed by atoms with E-state index in [1.54, 1.807) is 0 Å². The van der Waals surface area contributed by atoms with Gasteiger partial charge >= 0.3 is 0 Å². The first-order chi connectivity index (χ1) is 12.4. The Bertz CT molecular complexity index is 757. The van der Waals surface area contributed by atoms with Gasteiger partial charge in [-0.3, -0.25) is 4.90 Å². The van der Waals surface area contributed by atoms with E-state index in [1.807, 2.05) is 12.3 Å². The van der Waals surface area contributed by atoms with E-state index in [4.69, 9.17) is 9.47 Å². The molecule has 2 aromatic rings. The van der Waals surface area contributed by atoms with E-state index in [0.717, 1.165) is 56.3 Å². The quantitative estimate of drug-likeness (QED) is 0.842. The standard InChI is InChI=1S/C20H23N3O2/c1-2-8-21-19(3-1)23-11-9-22(10-12-23)16-5-6-17-15(13-16)4-7-18-20(17)25-14-24-18/h1-4,7-8,16H,5-6,9-14H2. The van der Waals surface area contributed by atoms with E-state index in [1.165, 1.54) is 17.5 Å². The van der Waals surface area contributed by atoms with Gasteiger partial charge in [-0.15, -0.1) is 0 Å². The smallest absolute Gasteiger partial charge is 0.231 e. The number of pyridine rings is 1. The molecule has 25 heavy (non-hydrogen) atoms. The number of hydrogen-bond acceptors (Lipinski definition) is 5. The molecule has 1 unspecified atom stereocenters. The van der Waals surface area contributed by atoms with Crippen molar-refractivity contribution in [2.24, 2.45) is 0 Å². The van der Waals surface area contributed by atoms with E-state index in [-0.39, 0.29) is 0 Å². The van der Waals surface area contributed by atoms with E-state index in [0.29, 0.717) is 12.8 Å². The number of nitrogens with zero attached hydrogens (tertiary/aromatic N) is 3. The molecule has 5 rings (SSSR count). The highest BCUT2D eigenvalue weighted by Crippen LogP contribution is 2.41. The molecule has 5 heteroatoms. The molecule has 0 amide bonds. The molecule has 0 radical (unpaired) electrons. The fraction of sp³-hybridized carbons (Fsp3) is 0.450. The summed E-state index contributed by atoms with van der Waals surface area (Å²) in [6.07, 6.45) is 5.29. The molecule has 1 aliphatic carbocycles. The van der Waals surface area contributed by atoms with Crippen LogP contribution < -0.4 is 14.4 Å². The van der Waals surface area contributed by atoms with Crippen molar-refractivity contribution in [1.29, 1.82) is 0 Å². The lowest BCUT2D eigenvalue weighted by Crippen LogP contribution is -2.52. The summed E-state index contributed by atoms with van der Waals surface area (Å²) < 4.78 is 11.2. The molecular formula is C20H23N3O2. The van der Waals surface area contributed by atoms with Crippen molar-refractivity contribution < 1.29 is 9.47 Å². The second-order valence-corrected chi connectivity index (χ2v) is 7.04. The van der Waals surface area contributed by atoms with E-state index >= 15 is 0 Å². The summed E-state index contributed by atoms with van der Waals surface area (Å²) in [4.78, 5) is 9.54. The number of ether oxygens (including phenoxy) is 2. The number of hydrogen-bond donors (Lipinski definition) is 0. The minimum atomic E-state index is 0.366. The minimum Gasteiger partial charge on any atom is -0.454 e. The minimum absolute atomic E-state index is 0.366. The maximum absolute atomic E-state index is 5.69. The van der Waals surface area contributed by atoms with Crippen LogP contribution in [0.25, 0.3) is 0 Å². The van der Waals surface area contributed by atoms with Gasteiger partial charge in [0.05, 0.1) is 0 Å². The summed E-state index contributed by atoms with van der Waals surface area (Å²) in [6.45, 7) is 4.70. The fourth-order valence-electron chi connectivity index (χ4n) is 4.37. The van der Waals surface area contributed by atoms with Crippen LogP contribution in [0.4, 0.5) is 5.82 Å². The Labute approximate surface area is 148 Å². The van der Waals surface area contributed by atoms with Crippen LogP contribution in [0, 0.1) is 0 Å². The van der Waals surface area contributed by atoms with Gasteiger partial charge in [-0.1, -0.05) is 12.1 Å². The molecule has 1 aromatic heterocycles. The zero-order chi connectivity index (χ0) is 16.6. The topological polar surface area (TPSA) is 37.8 Å². The predicted molar refractivity (Wildman–Crippen MR) is 96.4 cm³/mol. The number of aromatic nitrogens is 1. The van der Waals surface area contributed by atoms with Gasteiger partial charge in [0.15, 0.2) is 11.5 Å². The van der Waals surface area contributed by atoms with Gasteiger partial charge in [0, 0.05) is 44.0 Å². The second-order valence-electron chi connectivity index (χ2n) is 7.04. The first-order valence-electron chi connectivity index (χ1n) is 9.19. The van der Waals surface area contributed by atoms with Crippen molar-refractivity contribution in [3.05, 3.63) is 47.7 Å². The highest BCUT2D eigenvalue weighted by Gasteiger charge is 2.30. The van der Waals surface area contributed by atoms with E-state index < -0.39 is 0 Å². The first kappa shape index (κ1) is 15.0. The molecule has 1 saturated heterocycles. The molecule has 1 fully saturated rings. The van der Waals surface area contributed by atoms with Crippen LogP contribution in [0.2, 0.25) is 0 Å². The number of fused-ring (bicyclic) bond motifs is 3. The zero-order valence-electron chi connectivity index (χ0n) is 14.4. The SMILES string of the molecule is c1ccc(N2CCN(C3CCc4c(ccc5c4OCO5)C3)CC2)nc1. The van der Waals surface area contributed by atoms with Crippen molar-refractivity contribution >= 4 is 5.82 Å². The van der Waals surface area contributed by atoms with Gasteiger partial charge in [-0.2, -0.15) is 0 Å². The van der Waals surface area contributed by atoms with Crippen LogP contribution in [-0.4, -0.2) is 48.9 Å². The summed E-state index contributed by atoms with van der Waals surface area (Å²) >= 11 is 0. The Balaban J connectivity index is 1.26. The summed E-state index contributed by atoms with van der Waals surface area (Å²) in [7, 11) is 0. The van der Waals surface area contributed by atoms with Crippen molar-refractivity contribution in [2.75, 3.05) is 37.9 Å². The summed E-state index contributed by atoms with van der Waals surface area (Å²) in [5.74, 6) is 3.01. The molecule has 2 aliphatic heterocycles. The molecule has 1 aromatic carbocycles. The predicted octanol–water partition coefficient (Wildman–Crippen LogP) is 2.49. The molecule has 0 bridgehead atoms. The van der Waals surface area contributed by atoms with E-state index in [2.05, 4.69) is 39.0 Å². The number of piperazine rings is 1. The van der Waals surface area contributed by atoms with Crippen LogP contribution in [0.3, 0.4) is 0 Å². The Morgan fingerprint density at radius 2 is 1.92 bits per heavy atom. The first-order valence-corrected chi connectivity index (χ1v) is 9.19. The Morgan fingerprint density at radius 1 is 1.00 bits per heavy atom. The van der Waals surface area contributed by atoms with Crippen LogP contribution >= 0.6 is 0 Å². The average Bonchev–Trinajstić information content (AvgIpc) is 3.18. The van der Waals surface area contributed by atoms with E-state index in [9.17, 15) is 0 Å². The molecule has 3 aliphatic rings. The van der Waals surface area contributed by atoms with Gasteiger partial charge in [-0.25, -0.2) is 4.98 Å². The number of anilines is 1. The van der Waals surface area contributed by atoms with Crippen LogP contribution in [-0.2, 0) is 12.8 Å². The summed E-state index contributed by atoms with van der Waals surface area (Å²) in [5, 5.41) is 0. The Kier molecular flexibility index (Phi) is 3.74. The van der Waals surface area contributed by atoms with Gasteiger partial charge in [-0.05, 0) is 43.0 Å². The molecule has 0 saturated carbocycles. The van der Waals surface area contributed by atoms with Crippen molar-refractivity contribution in [3.8, 4) is 11.5 Å². The normalized spacial score (nSPS) is 22.7. The average molecular weight is 337 g/mol. The largest absolute Gasteiger partial charge is 0.454 e. The van der Waals surface area contributed by atoms with Gasteiger partial charge < -0.3 is 14.4 Å². The molecular weight excluding hydrogens is 314 g/mol. The highest BCUT2D eigenvalue weighted by molar-refractivity contribution is 5.53. The molecule has 5 nitrogen and oxygen atoms in total. The Morgan fingerprint density at radius 3 is 2.76 bits per heavy atom. The summed E-state index contributed by atoms with van der Waals surface area (Å²) in [5.41, 5.74) is 2.81. The monoisotopic (exact) mass is 337 g/mol. The van der Waals surface area contributed by atoms with Crippen LogP contribution in [0.1, 0.15) is 17.5 Å². The van der Waals surface area contributed by atoms with Crippen molar-refractivity contribution in [2.45, 2.75) is 25.3 Å². The number of rotatable bonds is 2. The lowest BCUT2D eigenvalue weighted by molar-refractivity contribution is 0.165.